The van der Waals surface area contributed by atoms with Crippen molar-refractivity contribution >= 4 is 28.6 Å². The van der Waals surface area contributed by atoms with Crippen LogP contribution in [0.25, 0.3) is 11.0 Å². The van der Waals surface area contributed by atoms with E-state index in [9.17, 15) is 4.79 Å². The Morgan fingerprint density at radius 3 is 2.88 bits per heavy atom. The number of halogens is 1. The van der Waals surface area contributed by atoms with Crippen molar-refractivity contribution in [3.8, 4) is 0 Å². The number of hydrogen-bond acceptors (Lipinski definition) is 2. The molecule has 2 rings (SSSR count). The lowest BCUT2D eigenvalue weighted by Gasteiger charge is -2.04. The van der Waals surface area contributed by atoms with E-state index in [2.05, 4.69) is 4.98 Å². The summed E-state index contributed by atoms with van der Waals surface area (Å²) < 4.78 is 1.69. The third-order valence-electron chi connectivity index (χ3n) is 2.35. The van der Waals surface area contributed by atoms with E-state index in [4.69, 9.17) is 16.7 Å². The quantitative estimate of drug-likeness (QED) is 0.828. The number of rotatable bonds is 4. The molecule has 0 aliphatic carbocycles. The van der Waals surface area contributed by atoms with Gasteiger partial charge in [0.25, 0.3) is 0 Å². The van der Waals surface area contributed by atoms with E-state index < -0.39 is 5.97 Å². The van der Waals surface area contributed by atoms with Gasteiger partial charge in [0, 0.05) is 12.3 Å². The highest BCUT2D eigenvalue weighted by atomic mass is 35.5. The molecule has 0 aliphatic heterocycles. The van der Waals surface area contributed by atoms with Gasteiger partial charge in [-0.05, 0) is 12.1 Å². The third-order valence-corrected chi connectivity index (χ3v) is 2.53. The highest BCUT2D eigenvalue weighted by Gasteiger charge is 2.11. The van der Waals surface area contributed by atoms with Crippen LogP contribution < -0.4 is 0 Å². The number of carbonyl (C=O) groups is 1. The number of imidazole rings is 1. The van der Waals surface area contributed by atoms with Gasteiger partial charge in [-0.15, -0.1) is 11.6 Å². The maximum atomic E-state index is 10.8. The summed E-state index contributed by atoms with van der Waals surface area (Å²) in [4.78, 5) is 15.2. The molecule has 0 saturated carbocycles. The van der Waals surface area contributed by atoms with Crippen LogP contribution in [0.2, 0.25) is 0 Å². The highest BCUT2D eigenvalue weighted by molar-refractivity contribution is 6.17. The van der Waals surface area contributed by atoms with Crippen molar-refractivity contribution < 1.29 is 9.90 Å². The first-order valence-electron chi connectivity index (χ1n) is 4.94. The number of aliphatic carboxylic acids is 1. The molecule has 0 spiro atoms. The molecular weight excluding hydrogens is 228 g/mol. The normalized spacial score (nSPS) is 10.8. The topological polar surface area (TPSA) is 55.1 Å². The average Bonchev–Trinajstić information content (AvgIpc) is 2.57. The fourth-order valence-corrected chi connectivity index (χ4v) is 1.88. The summed E-state index contributed by atoms with van der Waals surface area (Å²) in [7, 11) is 0. The van der Waals surface area contributed by atoms with E-state index >= 15 is 0 Å². The maximum Gasteiger partial charge on any atom is 0.323 e. The van der Waals surface area contributed by atoms with Crippen molar-refractivity contribution in [1.82, 2.24) is 9.55 Å². The Bertz CT molecular complexity index is 522. The summed E-state index contributed by atoms with van der Waals surface area (Å²) in [6.07, 6.45) is 0.573. The number of alkyl halides is 1. The van der Waals surface area contributed by atoms with Crippen molar-refractivity contribution in [2.75, 3.05) is 5.88 Å². The molecule has 1 N–H and O–H groups in total. The van der Waals surface area contributed by atoms with Crippen molar-refractivity contribution in [3.63, 3.8) is 0 Å². The number of aryl methyl sites for hydroxylation is 1. The molecule has 5 heteroatoms. The molecule has 1 aromatic carbocycles. The molecule has 0 fully saturated rings. The van der Waals surface area contributed by atoms with Gasteiger partial charge in [0.05, 0.1) is 11.0 Å². The second kappa shape index (κ2) is 4.53. The van der Waals surface area contributed by atoms with Gasteiger partial charge in [0.1, 0.15) is 12.4 Å². The summed E-state index contributed by atoms with van der Waals surface area (Å²) in [6, 6.07) is 7.48. The predicted octanol–water partition coefficient (Wildman–Crippen LogP) is 1.90. The molecule has 0 atom stereocenters. The monoisotopic (exact) mass is 238 g/mol. The van der Waals surface area contributed by atoms with E-state index in [1.165, 1.54) is 0 Å². The summed E-state index contributed by atoms with van der Waals surface area (Å²) in [6.45, 7) is -0.0767. The van der Waals surface area contributed by atoms with Crippen LogP contribution in [0.15, 0.2) is 24.3 Å². The van der Waals surface area contributed by atoms with Crippen LogP contribution >= 0.6 is 11.6 Å². The van der Waals surface area contributed by atoms with Gasteiger partial charge in [-0.25, -0.2) is 4.98 Å². The Morgan fingerprint density at radius 1 is 1.44 bits per heavy atom. The third kappa shape index (κ3) is 2.02. The molecule has 16 heavy (non-hydrogen) atoms. The second-order valence-corrected chi connectivity index (χ2v) is 3.81. The van der Waals surface area contributed by atoms with E-state index in [-0.39, 0.29) is 6.54 Å². The molecule has 0 radical (unpaired) electrons. The van der Waals surface area contributed by atoms with Crippen LogP contribution in [0, 0.1) is 0 Å². The van der Waals surface area contributed by atoms with Crippen molar-refractivity contribution in [3.05, 3.63) is 30.1 Å². The van der Waals surface area contributed by atoms with Crippen molar-refractivity contribution in [2.24, 2.45) is 0 Å². The van der Waals surface area contributed by atoms with Gasteiger partial charge in [-0.1, -0.05) is 12.1 Å². The number of aromatic nitrogens is 2. The molecule has 0 saturated heterocycles. The van der Waals surface area contributed by atoms with Gasteiger partial charge < -0.3 is 9.67 Å². The van der Waals surface area contributed by atoms with E-state index in [0.29, 0.717) is 12.3 Å². The molecule has 1 aromatic heterocycles. The summed E-state index contributed by atoms with van der Waals surface area (Å²) in [5.41, 5.74) is 1.65. The summed E-state index contributed by atoms with van der Waals surface area (Å²) in [5, 5.41) is 8.86. The average molecular weight is 239 g/mol. The number of benzene rings is 1. The first kappa shape index (κ1) is 11.0. The van der Waals surface area contributed by atoms with Crippen LogP contribution in [0.4, 0.5) is 0 Å². The van der Waals surface area contributed by atoms with Gasteiger partial charge in [-0.2, -0.15) is 0 Å². The Balaban J connectivity index is 2.54. The summed E-state index contributed by atoms with van der Waals surface area (Å²) in [5.74, 6) is 0.278. The molecule has 0 unspecified atom stereocenters. The first-order valence-corrected chi connectivity index (χ1v) is 5.47. The number of fused-ring (bicyclic) bond motifs is 1. The SMILES string of the molecule is O=C(O)Cn1c(CCCl)nc2ccccc21. The minimum absolute atomic E-state index is 0.0767. The van der Waals surface area contributed by atoms with E-state index in [1.807, 2.05) is 24.3 Å². The van der Waals surface area contributed by atoms with Crippen molar-refractivity contribution in [1.29, 1.82) is 0 Å². The fourth-order valence-electron chi connectivity index (χ4n) is 1.71. The van der Waals surface area contributed by atoms with Gasteiger partial charge in [0.2, 0.25) is 0 Å². The predicted molar refractivity (Wildman–Crippen MR) is 61.8 cm³/mol. The van der Waals surface area contributed by atoms with Gasteiger partial charge >= 0.3 is 5.97 Å². The van der Waals surface area contributed by atoms with Crippen LogP contribution in [-0.2, 0) is 17.8 Å². The second-order valence-electron chi connectivity index (χ2n) is 3.44. The molecule has 0 bridgehead atoms. The maximum absolute atomic E-state index is 10.8. The van der Waals surface area contributed by atoms with E-state index in [1.54, 1.807) is 4.57 Å². The zero-order valence-corrected chi connectivity index (χ0v) is 9.31. The lowest BCUT2D eigenvalue weighted by atomic mass is 10.3. The van der Waals surface area contributed by atoms with Crippen LogP contribution in [0.5, 0.6) is 0 Å². The lowest BCUT2D eigenvalue weighted by molar-refractivity contribution is -0.137. The lowest BCUT2D eigenvalue weighted by Crippen LogP contribution is -2.12. The zero-order valence-electron chi connectivity index (χ0n) is 8.56. The van der Waals surface area contributed by atoms with Crippen LogP contribution in [0.1, 0.15) is 5.82 Å². The largest absolute Gasteiger partial charge is 0.480 e. The number of hydrogen-bond donors (Lipinski definition) is 1. The van der Waals surface area contributed by atoms with Gasteiger partial charge in [-0.3, -0.25) is 4.79 Å². The number of carboxylic acids is 1. The fraction of sp³-hybridized carbons (Fsp3) is 0.273. The zero-order chi connectivity index (χ0) is 11.5. The Hall–Kier alpha value is -1.55. The van der Waals surface area contributed by atoms with Crippen LogP contribution in [-0.4, -0.2) is 26.5 Å². The van der Waals surface area contributed by atoms with Gasteiger partial charge in [0.15, 0.2) is 0 Å². The number of carboxylic acid groups (broad SMARTS) is 1. The molecular formula is C11H11ClN2O2. The standard InChI is InChI=1S/C11H11ClN2O2/c12-6-5-10-13-8-3-1-2-4-9(8)14(10)7-11(15)16/h1-4H,5-7H2,(H,15,16). The Kier molecular flexibility index (Phi) is 3.10. The molecule has 4 nitrogen and oxygen atoms in total. The highest BCUT2D eigenvalue weighted by Crippen LogP contribution is 2.16. The van der Waals surface area contributed by atoms with E-state index in [0.717, 1.165) is 16.9 Å². The van der Waals surface area contributed by atoms with Crippen LogP contribution in [0.3, 0.4) is 0 Å². The Labute approximate surface area is 97.5 Å². The number of nitrogens with zero attached hydrogens (tertiary/aromatic N) is 2. The molecule has 0 amide bonds. The summed E-state index contributed by atoms with van der Waals surface area (Å²) >= 11 is 5.67. The minimum Gasteiger partial charge on any atom is -0.480 e. The Morgan fingerprint density at radius 2 is 2.19 bits per heavy atom. The minimum atomic E-state index is -0.876. The molecule has 1 heterocycles. The first-order chi connectivity index (χ1) is 7.72. The number of para-hydroxylation sites is 2. The smallest absolute Gasteiger partial charge is 0.323 e. The molecule has 0 aliphatic rings. The van der Waals surface area contributed by atoms with Crippen molar-refractivity contribution in [2.45, 2.75) is 13.0 Å². The molecule has 2 aromatic rings. The molecule has 84 valence electrons.